The SMILES string of the molecule is CCc1cc(Br)c2oc(-c3ccc(NC(=O)c4ccc(O[C@H](C)CC)cc4)cc3)nc2c1. The molecule has 4 aromatic rings. The van der Waals surface area contributed by atoms with Crippen molar-refractivity contribution in [3.05, 3.63) is 76.3 Å². The van der Waals surface area contributed by atoms with Crippen LogP contribution in [0.25, 0.3) is 22.6 Å². The first-order chi connectivity index (χ1) is 15.5. The Morgan fingerprint density at radius 1 is 1.09 bits per heavy atom. The molecule has 0 bridgehead atoms. The molecule has 1 heterocycles. The Morgan fingerprint density at radius 3 is 2.47 bits per heavy atom. The number of fused-ring (bicyclic) bond motifs is 1. The van der Waals surface area contributed by atoms with E-state index in [1.54, 1.807) is 12.1 Å². The van der Waals surface area contributed by atoms with Crippen LogP contribution in [0.1, 0.15) is 43.1 Å². The Hall–Kier alpha value is -3.12. The molecule has 0 spiro atoms. The highest BCUT2D eigenvalue weighted by Gasteiger charge is 2.13. The molecule has 0 saturated carbocycles. The van der Waals surface area contributed by atoms with E-state index in [1.807, 2.05) is 49.4 Å². The molecule has 1 atom stereocenters. The van der Waals surface area contributed by atoms with Crippen molar-refractivity contribution >= 4 is 38.6 Å². The number of rotatable bonds is 7. The van der Waals surface area contributed by atoms with E-state index in [9.17, 15) is 4.79 Å². The van der Waals surface area contributed by atoms with Gasteiger partial charge in [-0.15, -0.1) is 0 Å². The maximum Gasteiger partial charge on any atom is 0.255 e. The van der Waals surface area contributed by atoms with E-state index < -0.39 is 0 Å². The van der Waals surface area contributed by atoms with Crippen molar-refractivity contribution in [3.8, 4) is 17.2 Å². The molecule has 0 aliphatic rings. The lowest BCUT2D eigenvalue weighted by molar-refractivity contribution is 0.102. The number of aromatic nitrogens is 1. The second kappa shape index (κ2) is 9.57. The standard InChI is InChI=1S/C26H25BrN2O3/c1-4-16(3)31-21-12-8-18(9-13-21)25(30)28-20-10-6-19(7-11-20)26-29-23-15-17(5-2)14-22(27)24(23)32-26/h6-16H,4-5H2,1-3H3,(H,28,30)/t16-/m1/s1. The van der Waals surface area contributed by atoms with Crippen LogP contribution in [0.3, 0.4) is 0 Å². The van der Waals surface area contributed by atoms with Crippen molar-refractivity contribution < 1.29 is 13.9 Å². The van der Waals surface area contributed by atoms with Crippen molar-refractivity contribution in [2.75, 3.05) is 5.32 Å². The lowest BCUT2D eigenvalue weighted by Crippen LogP contribution is -2.12. The molecule has 0 fully saturated rings. The number of anilines is 1. The summed E-state index contributed by atoms with van der Waals surface area (Å²) in [6.07, 6.45) is 2.00. The minimum Gasteiger partial charge on any atom is -0.491 e. The summed E-state index contributed by atoms with van der Waals surface area (Å²) in [5.74, 6) is 1.13. The Bertz CT molecular complexity index is 1230. The van der Waals surface area contributed by atoms with Gasteiger partial charge in [-0.25, -0.2) is 4.98 Å². The van der Waals surface area contributed by atoms with Gasteiger partial charge in [0.2, 0.25) is 5.89 Å². The van der Waals surface area contributed by atoms with Crippen molar-refractivity contribution in [2.45, 2.75) is 39.7 Å². The number of carbonyl (C=O) groups is 1. The predicted molar refractivity (Wildman–Crippen MR) is 131 cm³/mol. The highest BCUT2D eigenvalue weighted by atomic mass is 79.9. The van der Waals surface area contributed by atoms with Crippen molar-refractivity contribution in [1.29, 1.82) is 0 Å². The third-order valence-electron chi connectivity index (χ3n) is 5.33. The number of nitrogens with one attached hydrogen (secondary N) is 1. The number of hydrogen-bond donors (Lipinski definition) is 1. The van der Waals surface area contributed by atoms with Gasteiger partial charge in [0.1, 0.15) is 11.3 Å². The van der Waals surface area contributed by atoms with Crippen molar-refractivity contribution in [1.82, 2.24) is 4.98 Å². The summed E-state index contributed by atoms with van der Waals surface area (Å²) in [5.41, 5.74) is 4.86. The molecule has 0 aliphatic carbocycles. The molecule has 1 N–H and O–H groups in total. The zero-order valence-electron chi connectivity index (χ0n) is 18.3. The maximum absolute atomic E-state index is 12.6. The Labute approximate surface area is 195 Å². The number of aryl methyl sites for hydroxylation is 1. The maximum atomic E-state index is 12.6. The van der Waals surface area contributed by atoms with Crippen LogP contribution in [-0.4, -0.2) is 17.0 Å². The number of hydrogen-bond acceptors (Lipinski definition) is 4. The largest absolute Gasteiger partial charge is 0.491 e. The van der Waals surface area contributed by atoms with Gasteiger partial charge in [0.25, 0.3) is 5.91 Å². The number of carbonyl (C=O) groups excluding carboxylic acids is 1. The van der Waals surface area contributed by atoms with Gasteiger partial charge in [-0.1, -0.05) is 13.8 Å². The van der Waals surface area contributed by atoms with E-state index in [0.29, 0.717) is 17.1 Å². The average molecular weight is 493 g/mol. The van der Waals surface area contributed by atoms with E-state index in [1.165, 1.54) is 5.56 Å². The first-order valence-corrected chi connectivity index (χ1v) is 11.5. The summed E-state index contributed by atoms with van der Waals surface area (Å²) < 4.78 is 12.6. The van der Waals surface area contributed by atoms with Gasteiger partial charge in [0.05, 0.1) is 10.6 Å². The van der Waals surface area contributed by atoms with Gasteiger partial charge < -0.3 is 14.5 Å². The van der Waals surface area contributed by atoms with Crippen LogP contribution in [0.15, 0.2) is 69.6 Å². The first kappa shape index (κ1) is 22.1. The van der Waals surface area contributed by atoms with Crippen LogP contribution in [0.5, 0.6) is 5.75 Å². The van der Waals surface area contributed by atoms with Crippen LogP contribution < -0.4 is 10.1 Å². The first-order valence-electron chi connectivity index (χ1n) is 10.7. The summed E-state index contributed by atoms with van der Waals surface area (Å²) in [6.45, 7) is 6.20. The van der Waals surface area contributed by atoms with Crippen LogP contribution >= 0.6 is 15.9 Å². The van der Waals surface area contributed by atoms with E-state index >= 15 is 0 Å². The number of benzene rings is 3. The van der Waals surface area contributed by atoms with Gasteiger partial charge in [-0.05, 0) is 102 Å². The molecule has 3 aromatic carbocycles. The Balaban J connectivity index is 1.46. The predicted octanol–water partition coefficient (Wildman–Crippen LogP) is 7.25. The molecule has 6 heteroatoms. The van der Waals surface area contributed by atoms with E-state index in [2.05, 4.69) is 46.1 Å². The number of ether oxygens (including phenoxy) is 1. The molecule has 164 valence electrons. The minimum absolute atomic E-state index is 0.143. The molecular formula is C26H25BrN2O3. The van der Waals surface area contributed by atoms with Crippen LogP contribution in [0.4, 0.5) is 5.69 Å². The van der Waals surface area contributed by atoms with Gasteiger partial charge in [0.15, 0.2) is 5.58 Å². The number of halogens is 1. The molecular weight excluding hydrogens is 468 g/mol. The van der Waals surface area contributed by atoms with Gasteiger partial charge in [-0.3, -0.25) is 4.79 Å². The molecule has 0 radical (unpaired) electrons. The topological polar surface area (TPSA) is 64.4 Å². The molecule has 5 nitrogen and oxygen atoms in total. The quantitative estimate of drug-likeness (QED) is 0.295. The highest BCUT2D eigenvalue weighted by molar-refractivity contribution is 9.10. The molecule has 1 amide bonds. The zero-order chi connectivity index (χ0) is 22.7. The summed E-state index contributed by atoms with van der Waals surface area (Å²) in [7, 11) is 0. The minimum atomic E-state index is -0.175. The third kappa shape index (κ3) is 4.86. The molecule has 32 heavy (non-hydrogen) atoms. The number of nitrogens with zero attached hydrogens (tertiary/aromatic N) is 1. The molecule has 0 aliphatic heterocycles. The van der Waals surface area contributed by atoms with Crippen molar-refractivity contribution in [2.24, 2.45) is 0 Å². The Kier molecular flexibility index (Phi) is 6.61. The summed E-state index contributed by atoms with van der Waals surface area (Å²) in [4.78, 5) is 17.2. The average Bonchev–Trinajstić information content (AvgIpc) is 3.24. The fourth-order valence-corrected chi connectivity index (χ4v) is 3.85. The molecule has 0 saturated heterocycles. The number of oxazole rings is 1. The van der Waals surface area contributed by atoms with Crippen LogP contribution in [0.2, 0.25) is 0 Å². The van der Waals surface area contributed by atoms with Crippen LogP contribution in [0, 0.1) is 0 Å². The van der Waals surface area contributed by atoms with Gasteiger partial charge >= 0.3 is 0 Å². The third-order valence-corrected chi connectivity index (χ3v) is 5.92. The second-order valence-corrected chi connectivity index (χ2v) is 8.55. The smallest absolute Gasteiger partial charge is 0.255 e. The van der Waals surface area contributed by atoms with Gasteiger partial charge in [-0.2, -0.15) is 0 Å². The lowest BCUT2D eigenvalue weighted by atomic mass is 10.1. The second-order valence-electron chi connectivity index (χ2n) is 7.69. The van der Waals surface area contributed by atoms with E-state index in [-0.39, 0.29) is 12.0 Å². The highest BCUT2D eigenvalue weighted by Crippen LogP contribution is 2.31. The van der Waals surface area contributed by atoms with Crippen molar-refractivity contribution in [3.63, 3.8) is 0 Å². The normalized spacial score (nSPS) is 12.0. The molecule has 1 aromatic heterocycles. The van der Waals surface area contributed by atoms with E-state index in [0.717, 1.165) is 39.7 Å². The molecule has 0 unspecified atom stereocenters. The number of amides is 1. The Morgan fingerprint density at radius 2 is 1.81 bits per heavy atom. The zero-order valence-corrected chi connectivity index (χ0v) is 19.9. The lowest BCUT2D eigenvalue weighted by Gasteiger charge is -2.12. The monoisotopic (exact) mass is 492 g/mol. The molecule has 4 rings (SSSR count). The fourth-order valence-electron chi connectivity index (χ4n) is 3.27. The van der Waals surface area contributed by atoms with Crippen LogP contribution in [-0.2, 0) is 6.42 Å². The fraction of sp³-hybridized carbons (Fsp3) is 0.231. The summed E-state index contributed by atoms with van der Waals surface area (Å²) in [6, 6.07) is 18.7. The summed E-state index contributed by atoms with van der Waals surface area (Å²) >= 11 is 3.57. The van der Waals surface area contributed by atoms with Gasteiger partial charge in [0, 0.05) is 16.8 Å². The summed E-state index contributed by atoms with van der Waals surface area (Å²) in [5, 5.41) is 2.92. The van der Waals surface area contributed by atoms with E-state index in [4.69, 9.17) is 9.15 Å².